The van der Waals surface area contributed by atoms with Crippen LogP contribution in [0.4, 0.5) is 0 Å². The third kappa shape index (κ3) is 12.5. The molecule has 0 aromatic carbocycles. The maximum absolute atomic E-state index is 11.0. The summed E-state index contributed by atoms with van der Waals surface area (Å²) in [6, 6.07) is 0. The molecule has 4 nitrogen and oxygen atoms in total. The molecule has 0 aliphatic rings. The van der Waals surface area contributed by atoms with E-state index in [1.54, 1.807) is 0 Å². The van der Waals surface area contributed by atoms with E-state index in [9.17, 15) is 13.0 Å². The van der Waals surface area contributed by atoms with Crippen LogP contribution in [0.25, 0.3) is 0 Å². The molecule has 2 unspecified atom stereocenters. The molecule has 6 heteroatoms. The quantitative estimate of drug-likeness (QED) is 0.333. The minimum atomic E-state index is -4.27. The van der Waals surface area contributed by atoms with Crippen LogP contribution in [0.5, 0.6) is 0 Å². The monoisotopic (exact) mass is 304 g/mol. The smallest absolute Gasteiger partial charge is 0.748 e. The van der Waals surface area contributed by atoms with Crippen molar-refractivity contribution in [3.05, 3.63) is 0 Å². The summed E-state index contributed by atoms with van der Waals surface area (Å²) in [5, 5.41) is 8.23. The van der Waals surface area contributed by atoms with E-state index in [2.05, 4.69) is 6.92 Å². The van der Waals surface area contributed by atoms with Crippen molar-refractivity contribution in [1.29, 1.82) is 0 Å². The maximum Gasteiger partial charge on any atom is 1.00 e. The van der Waals surface area contributed by atoms with Crippen LogP contribution < -0.4 is 51.4 Å². The van der Waals surface area contributed by atoms with Gasteiger partial charge >= 0.3 is 51.4 Å². The normalized spacial score (nSPS) is 14.9. The van der Waals surface area contributed by atoms with Crippen LogP contribution in [0.15, 0.2) is 0 Å². The van der Waals surface area contributed by atoms with Crippen LogP contribution in [0.3, 0.4) is 0 Å². The number of hydrogen-bond acceptors (Lipinski definition) is 4. The second-order valence-corrected chi connectivity index (χ2v) is 6.41. The Kier molecular flexibility index (Phi) is 14.9. The minimum absolute atomic E-state index is 0. The van der Waals surface area contributed by atoms with Gasteiger partial charge in [0.15, 0.2) is 0 Å². The fourth-order valence-corrected chi connectivity index (χ4v) is 2.88. The minimum Gasteiger partial charge on any atom is -0.748 e. The Morgan fingerprint density at radius 2 is 1.61 bits per heavy atom. The van der Waals surface area contributed by atoms with Gasteiger partial charge in [-0.25, -0.2) is 8.42 Å². The van der Waals surface area contributed by atoms with Crippen LogP contribution in [-0.4, -0.2) is 29.4 Å². The molecule has 0 aliphatic carbocycles. The first-order valence-electron chi connectivity index (χ1n) is 6.50. The molecule has 1 N–H and O–H groups in total. The molecule has 0 amide bonds. The van der Waals surface area contributed by atoms with Crippen molar-refractivity contribution in [3.63, 3.8) is 0 Å². The van der Waals surface area contributed by atoms with Gasteiger partial charge in [-0.1, -0.05) is 45.4 Å². The van der Waals surface area contributed by atoms with E-state index < -0.39 is 21.5 Å². The zero-order valence-corrected chi connectivity index (χ0v) is 15.8. The third-order valence-corrected chi connectivity index (χ3v) is 4.14. The molecule has 104 valence electrons. The van der Waals surface area contributed by atoms with E-state index in [1.165, 1.54) is 26.2 Å². The summed E-state index contributed by atoms with van der Waals surface area (Å²) in [5.41, 5.74) is 0. The van der Waals surface area contributed by atoms with Crippen molar-refractivity contribution in [3.8, 4) is 0 Å². The molecule has 0 rings (SSSR count). The Labute approximate surface area is 154 Å². The van der Waals surface area contributed by atoms with Gasteiger partial charge in [0.1, 0.15) is 0 Å². The maximum atomic E-state index is 11.0. The van der Waals surface area contributed by atoms with Crippen LogP contribution in [0.2, 0.25) is 0 Å². The molecule has 0 heterocycles. The fourth-order valence-electron chi connectivity index (χ4n) is 1.91. The molecule has 2 atom stereocenters. The first-order valence-corrected chi connectivity index (χ1v) is 7.97. The number of aliphatic hydroxyl groups is 1. The van der Waals surface area contributed by atoms with E-state index in [1.807, 2.05) is 0 Å². The second-order valence-electron chi connectivity index (χ2n) is 4.76. The molecule has 0 saturated heterocycles. The average Bonchev–Trinajstić information content (AvgIpc) is 2.19. The SMILES string of the molecule is CCCCCCCCC(CC(C)O)S(=O)(=O)[O-].[K+]. The van der Waals surface area contributed by atoms with Crippen molar-refractivity contribution >= 4 is 10.1 Å². The van der Waals surface area contributed by atoms with Gasteiger partial charge in [0.2, 0.25) is 0 Å². The van der Waals surface area contributed by atoms with Gasteiger partial charge < -0.3 is 9.66 Å². The van der Waals surface area contributed by atoms with Crippen LogP contribution in [-0.2, 0) is 10.1 Å². The predicted octanol–water partition coefficient (Wildman–Crippen LogP) is -0.574. The molecule has 0 spiro atoms. The number of aliphatic hydroxyl groups excluding tert-OH is 1. The van der Waals surface area contributed by atoms with Crippen molar-refractivity contribution in [2.24, 2.45) is 0 Å². The first-order chi connectivity index (χ1) is 7.88. The molecule has 0 aromatic heterocycles. The first kappa shape index (κ1) is 21.8. The van der Waals surface area contributed by atoms with E-state index in [0.717, 1.165) is 19.3 Å². The Balaban J connectivity index is 0. The molecular weight excluding hydrogens is 279 g/mol. The van der Waals surface area contributed by atoms with Gasteiger partial charge in [0.25, 0.3) is 0 Å². The molecule has 18 heavy (non-hydrogen) atoms. The summed E-state index contributed by atoms with van der Waals surface area (Å²) in [4.78, 5) is 0. The second kappa shape index (κ2) is 12.3. The van der Waals surface area contributed by atoms with Gasteiger partial charge in [0, 0.05) is 0 Å². The number of rotatable bonds is 10. The predicted molar refractivity (Wildman–Crippen MR) is 67.8 cm³/mol. The van der Waals surface area contributed by atoms with E-state index in [4.69, 9.17) is 5.11 Å². The van der Waals surface area contributed by atoms with Crippen molar-refractivity contribution in [1.82, 2.24) is 0 Å². The zero-order chi connectivity index (χ0) is 13.3. The zero-order valence-electron chi connectivity index (χ0n) is 11.9. The largest absolute Gasteiger partial charge is 1.00 e. The summed E-state index contributed by atoms with van der Waals surface area (Å²) < 4.78 is 32.9. The topological polar surface area (TPSA) is 77.4 Å². The van der Waals surface area contributed by atoms with Crippen molar-refractivity contribution in [2.75, 3.05) is 0 Å². The Morgan fingerprint density at radius 1 is 1.11 bits per heavy atom. The molecule has 0 radical (unpaired) electrons. The van der Waals surface area contributed by atoms with Crippen LogP contribution >= 0.6 is 0 Å². The standard InChI is InChI=1S/C12H26O4S.K/c1-3-4-5-6-7-8-9-12(10-11(2)13)17(14,15)16;/h11-13H,3-10H2,1-2H3,(H,14,15,16);/q;+1/p-1. The molecule has 0 bridgehead atoms. The van der Waals surface area contributed by atoms with E-state index >= 15 is 0 Å². The summed E-state index contributed by atoms with van der Waals surface area (Å²) >= 11 is 0. The molecule has 0 aliphatic heterocycles. The molecule has 0 fully saturated rings. The van der Waals surface area contributed by atoms with Gasteiger partial charge in [-0.2, -0.15) is 0 Å². The van der Waals surface area contributed by atoms with Gasteiger partial charge in [-0.15, -0.1) is 0 Å². The van der Waals surface area contributed by atoms with Crippen LogP contribution in [0, 0.1) is 0 Å². The average molecular weight is 304 g/mol. The Bertz CT molecular complexity index is 278. The van der Waals surface area contributed by atoms with Gasteiger partial charge in [-0.3, -0.25) is 0 Å². The molecule has 0 saturated carbocycles. The Hall–Kier alpha value is 1.51. The van der Waals surface area contributed by atoms with Gasteiger partial charge in [-0.05, 0) is 19.8 Å². The Morgan fingerprint density at radius 3 is 2.06 bits per heavy atom. The number of hydrogen-bond donors (Lipinski definition) is 1. The summed E-state index contributed by atoms with van der Waals surface area (Å²) in [6.45, 7) is 3.65. The van der Waals surface area contributed by atoms with Crippen molar-refractivity contribution in [2.45, 2.75) is 76.6 Å². The van der Waals surface area contributed by atoms with E-state index in [-0.39, 0.29) is 57.8 Å². The summed E-state index contributed by atoms with van der Waals surface area (Å²) in [5.74, 6) is 0. The molecule has 0 aromatic rings. The van der Waals surface area contributed by atoms with E-state index in [0.29, 0.717) is 6.42 Å². The van der Waals surface area contributed by atoms with Crippen molar-refractivity contribution < 1.29 is 69.5 Å². The summed E-state index contributed by atoms with van der Waals surface area (Å²) in [7, 11) is -4.27. The fraction of sp³-hybridized carbons (Fsp3) is 1.00. The summed E-state index contributed by atoms with van der Waals surface area (Å²) in [6.07, 6.45) is 6.06. The number of unbranched alkanes of at least 4 members (excludes halogenated alkanes) is 5. The van der Waals surface area contributed by atoms with Gasteiger partial charge in [0.05, 0.1) is 21.5 Å². The third-order valence-electron chi connectivity index (χ3n) is 2.89. The van der Waals surface area contributed by atoms with Crippen LogP contribution in [0.1, 0.15) is 65.2 Å². The molecular formula is C12H25KO4S.